The number of aryl methyl sites for hydroxylation is 1. The van der Waals surface area contributed by atoms with Gasteiger partial charge in [-0.2, -0.15) is 13.2 Å². The Morgan fingerprint density at radius 2 is 1.98 bits per heavy atom. The number of hydrogen-bond acceptors (Lipinski definition) is 11. The van der Waals surface area contributed by atoms with Crippen LogP contribution < -0.4 is 10.6 Å². The second-order valence-corrected chi connectivity index (χ2v) is 9.40. The van der Waals surface area contributed by atoms with Gasteiger partial charge in [0.05, 0.1) is 25.2 Å². The summed E-state index contributed by atoms with van der Waals surface area (Å²) in [5.74, 6) is -0.429. The summed E-state index contributed by atoms with van der Waals surface area (Å²) in [7, 11) is -4.39. The van der Waals surface area contributed by atoms with E-state index in [4.69, 9.17) is 22.4 Å². The molecule has 0 aliphatic carbocycles. The maximum atomic E-state index is 14.9. The van der Waals surface area contributed by atoms with Gasteiger partial charge in [-0.15, -0.1) is 5.10 Å². The number of esters is 1. The van der Waals surface area contributed by atoms with Crippen LogP contribution in [0.5, 0.6) is 0 Å². The summed E-state index contributed by atoms with van der Waals surface area (Å²) < 4.78 is 85.5. The highest BCUT2D eigenvalue weighted by molar-refractivity contribution is 7.86. The number of quaternary nitrogens is 1. The highest BCUT2D eigenvalue weighted by Crippen LogP contribution is 2.29. The predicted octanol–water partition coefficient (Wildman–Crippen LogP) is 0.630. The minimum Gasteiger partial charge on any atom is -0.741 e. The highest BCUT2D eigenvalue weighted by Gasteiger charge is 2.37. The van der Waals surface area contributed by atoms with Crippen LogP contribution in [0.4, 0.5) is 28.0 Å². The molecule has 1 atom stereocenters. The van der Waals surface area contributed by atoms with Crippen LogP contribution in [-0.2, 0) is 31.4 Å². The molecule has 0 radical (unpaired) electrons. The van der Waals surface area contributed by atoms with Crippen LogP contribution in [-0.4, -0.2) is 81.5 Å². The van der Waals surface area contributed by atoms with Crippen molar-refractivity contribution in [3.05, 3.63) is 42.3 Å². The summed E-state index contributed by atoms with van der Waals surface area (Å²) in [5, 5.41) is 11.2. The number of cyclic esters (lactones) is 1. The van der Waals surface area contributed by atoms with Gasteiger partial charge in [-0.3, -0.25) is 14.7 Å². The molecule has 0 spiro atoms. The normalized spacial score (nSPS) is 15.3. The fraction of sp³-hybridized carbons (Fsp3) is 0.333. The Kier molecular flexibility index (Phi) is 9.32. The van der Waals surface area contributed by atoms with Crippen molar-refractivity contribution < 1.29 is 55.3 Å². The van der Waals surface area contributed by atoms with Crippen LogP contribution in [0, 0.1) is 5.82 Å². The fourth-order valence-corrected chi connectivity index (χ4v) is 3.26. The first-order valence-electron chi connectivity index (χ1n) is 11.1. The van der Waals surface area contributed by atoms with Gasteiger partial charge in [-0.1, -0.05) is 6.07 Å². The van der Waals surface area contributed by atoms with Crippen molar-refractivity contribution in [1.82, 2.24) is 25.2 Å². The molecule has 1 aliphatic heterocycles. The molecule has 19 heteroatoms. The first-order chi connectivity index (χ1) is 18.7. The van der Waals surface area contributed by atoms with Crippen molar-refractivity contribution in [3.8, 4) is 22.6 Å². The van der Waals surface area contributed by atoms with E-state index in [9.17, 15) is 27.2 Å². The number of benzene rings is 1. The molecule has 40 heavy (non-hydrogen) atoms. The van der Waals surface area contributed by atoms with Gasteiger partial charge in [0.25, 0.3) is 0 Å². The molecular weight excluding hydrogens is 570 g/mol. The predicted molar refractivity (Wildman–Crippen MR) is 124 cm³/mol. The maximum Gasteiger partial charge on any atom is 0.485 e. The van der Waals surface area contributed by atoms with Gasteiger partial charge in [-0.05, 0) is 34.7 Å². The fourth-order valence-electron chi connectivity index (χ4n) is 3.26. The maximum absolute atomic E-state index is 14.9. The number of ether oxygens (including phenoxy) is 2. The molecule has 4 rings (SSSR count). The molecule has 1 fully saturated rings. The van der Waals surface area contributed by atoms with Crippen molar-refractivity contribution in [3.63, 3.8) is 0 Å². The van der Waals surface area contributed by atoms with E-state index in [1.807, 2.05) is 0 Å². The topological polar surface area (TPSA) is 197 Å². The Balaban J connectivity index is 0.000000482. The summed E-state index contributed by atoms with van der Waals surface area (Å²) in [4.78, 5) is 29.3. The van der Waals surface area contributed by atoms with Crippen molar-refractivity contribution in [2.75, 3.05) is 24.6 Å². The van der Waals surface area contributed by atoms with Crippen molar-refractivity contribution in [1.29, 1.82) is 0 Å². The lowest BCUT2D eigenvalue weighted by atomic mass is 10.1. The largest absolute Gasteiger partial charge is 0.741 e. The molecular formula is C21H21F4N7O7S. The van der Waals surface area contributed by atoms with Gasteiger partial charge in [0.2, 0.25) is 0 Å². The Bertz CT molecular complexity index is 1470. The van der Waals surface area contributed by atoms with Crippen LogP contribution >= 0.6 is 0 Å². The van der Waals surface area contributed by atoms with Gasteiger partial charge >= 0.3 is 17.6 Å². The minimum atomic E-state index is -6.09. The third-order valence-electron chi connectivity index (χ3n) is 5.16. The van der Waals surface area contributed by atoms with E-state index < -0.39 is 39.6 Å². The Hall–Kier alpha value is -4.23. The van der Waals surface area contributed by atoms with E-state index in [0.717, 1.165) is 0 Å². The number of carbonyl (C=O) groups is 2. The molecule has 2 aromatic heterocycles. The summed E-state index contributed by atoms with van der Waals surface area (Å²) in [6.45, 7) is 0.522. The Morgan fingerprint density at radius 3 is 2.50 bits per heavy atom. The van der Waals surface area contributed by atoms with E-state index >= 15 is 0 Å². The third-order valence-corrected chi connectivity index (χ3v) is 5.72. The number of carbonyl (C=O) groups excluding carboxylic acids is 2. The van der Waals surface area contributed by atoms with Gasteiger partial charge in [0.1, 0.15) is 18.1 Å². The van der Waals surface area contributed by atoms with Gasteiger partial charge in [0.15, 0.2) is 22.0 Å². The van der Waals surface area contributed by atoms with E-state index in [-0.39, 0.29) is 19.6 Å². The van der Waals surface area contributed by atoms with E-state index in [1.54, 1.807) is 31.3 Å². The summed E-state index contributed by atoms with van der Waals surface area (Å²) in [5.41, 5.74) is -0.271. The SMILES string of the molecule is Cn1nnnc1-c1ccc(-c2ccc(N3C[C@H](COC(=O)CC[NH3+])OC3=O)cc2F)cn1.O=S(=O)([O-])C(F)(F)F. The summed E-state index contributed by atoms with van der Waals surface area (Å²) >= 11 is 0. The molecule has 1 aromatic carbocycles. The number of pyridine rings is 1. The second-order valence-electron chi connectivity index (χ2n) is 8.03. The van der Waals surface area contributed by atoms with Crippen molar-refractivity contribution in [2.45, 2.75) is 18.0 Å². The van der Waals surface area contributed by atoms with E-state index in [2.05, 4.69) is 26.2 Å². The zero-order chi connectivity index (χ0) is 29.7. The van der Waals surface area contributed by atoms with Crippen LogP contribution in [0.25, 0.3) is 22.6 Å². The molecule has 3 aromatic rings. The molecule has 1 aliphatic rings. The lowest BCUT2D eigenvalue weighted by Gasteiger charge is -2.14. The van der Waals surface area contributed by atoms with Crippen LogP contribution in [0.3, 0.4) is 0 Å². The first kappa shape index (κ1) is 30.3. The lowest BCUT2D eigenvalue weighted by molar-refractivity contribution is -0.366. The molecule has 216 valence electrons. The number of tetrazole rings is 1. The van der Waals surface area contributed by atoms with Crippen LogP contribution in [0.1, 0.15) is 6.42 Å². The Labute approximate surface area is 223 Å². The minimum absolute atomic E-state index is 0.0549. The third kappa shape index (κ3) is 7.45. The molecule has 3 N–H and O–H groups in total. The van der Waals surface area contributed by atoms with E-state index in [1.165, 1.54) is 21.8 Å². The van der Waals surface area contributed by atoms with Gasteiger partial charge in [0, 0.05) is 24.4 Å². The number of rotatable bonds is 7. The van der Waals surface area contributed by atoms with Crippen molar-refractivity contribution in [2.24, 2.45) is 7.05 Å². The molecule has 1 saturated heterocycles. The first-order valence-corrected chi connectivity index (χ1v) is 12.6. The summed E-state index contributed by atoms with van der Waals surface area (Å²) in [6.07, 6.45) is 0.481. The average Bonchev–Trinajstić information content (AvgIpc) is 3.47. The zero-order valence-electron chi connectivity index (χ0n) is 20.5. The molecule has 14 nitrogen and oxygen atoms in total. The van der Waals surface area contributed by atoms with Gasteiger partial charge in [-0.25, -0.2) is 22.3 Å². The number of halogens is 4. The molecule has 0 saturated carbocycles. The number of amides is 1. The van der Waals surface area contributed by atoms with Crippen molar-refractivity contribution >= 4 is 27.9 Å². The molecule has 3 heterocycles. The Morgan fingerprint density at radius 1 is 1.27 bits per heavy atom. The lowest BCUT2D eigenvalue weighted by Crippen LogP contribution is -2.51. The molecule has 0 bridgehead atoms. The standard InChI is InChI=1S/C20H20FN7O4.CHF3O3S/c1-27-19(24-25-26-27)17-5-2-12(9-23-17)15-4-3-13(8-16(15)21)28-10-14(32-20(28)30)11-31-18(29)6-7-22;2-1(3,4)8(5,6)7/h2-5,8-9,14H,6-7,10-11,22H2,1H3;(H,5,6,7)/t14-;/m1./s1. The summed E-state index contributed by atoms with van der Waals surface area (Å²) in [6, 6.07) is 7.87. The number of hydrogen-bond donors (Lipinski definition) is 1. The highest BCUT2D eigenvalue weighted by atomic mass is 32.2. The quantitative estimate of drug-likeness (QED) is 0.175. The van der Waals surface area contributed by atoms with E-state index in [0.29, 0.717) is 34.9 Å². The molecule has 0 unspecified atom stereocenters. The number of anilines is 1. The second kappa shape index (κ2) is 12.3. The number of nitrogens with zero attached hydrogens (tertiary/aromatic N) is 6. The number of alkyl halides is 3. The average molecular weight is 592 g/mol. The van der Waals surface area contributed by atoms with Crippen LogP contribution in [0.2, 0.25) is 0 Å². The zero-order valence-corrected chi connectivity index (χ0v) is 21.4. The molecule has 1 amide bonds. The van der Waals surface area contributed by atoms with Gasteiger partial charge < -0.3 is 19.8 Å². The smallest absolute Gasteiger partial charge is 0.485 e. The van der Waals surface area contributed by atoms with Crippen LogP contribution in [0.15, 0.2) is 36.5 Å². The monoisotopic (exact) mass is 591 g/mol. The number of aromatic nitrogens is 5.